The van der Waals surface area contributed by atoms with Crippen molar-refractivity contribution in [3.05, 3.63) is 36.5 Å². The zero-order chi connectivity index (χ0) is 49.8. The predicted octanol–water partition coefficient (Wildman–Crippen LogP) is 13.0. The van der Waals surface area contributed by atoms with Gasteiger partial charge in [0.1, 0.15) is 42.7 Å². The van der Waals surface area contributed by atoms with Gasteiger partial charge in [-0.3, -0.25) is 13.8 Å². The minimum absolute atomic E-state index is 0.0789. The average Bonchev–Trinajstić information content (AvgIpc) is 3.32. The van der Waals surface area contributed by atoms with Crippen LogP contribution in [0.2, 0.25) is 0 Å². The first-order valence-electron chi connectivity index (χ1n) is 27.8. The Labute approximate surface area is 414 Å². The average molecular weight is 987 g/mol. The van der Waals surface area contributed by atoms with Gasteiger partial charge in [0.15, 0.2) is 0 Å². The van der Waals surface area contributed by atoms with Crippen molar-refractivity contribution >= 4 is 13.8 Å². The second kappa shape index (κ2) is 45.4. The number of unbranched alkanes of at least 4 members (excludes halogenated alkanes) is 30. The summed E-state index contributed by atoms with van der Waals surface area (Å²) in [5.41, 5.74) is 0. The van der Waals surface area contributed by atoms with E-state index in [1.54, 1.807) is 0 Å². The molecule has 0 saturated heterocycles. The van der Waals surface area contributed by atoms with Crippen LogP contribution >= 0.6 is 7.82 Å². The number of phosphoric acid groups is 1. The number of hydrogen-bond donors (Lipinski definition) is 6. The first-order chi connectivity index (χ1) is 33.0. The third-order valence-corrected chi connectivity index (χ3v) is 14.0. The number of phosphoric ester groups is 1. The lowest BCUT2D eigenvalue weighted by Crippen LogP contribution is -2.64. The molecule has 0 aromatic heterocycles. The molecular formula is C55H103O12P. The van der Waals surface area contributed by atoms with Crippen molar-refractivity contribution in [3.8, 4) is 0 Å². The van der Waals surface area contributed by atoms with E-state index in [0.29, 0.717) is 13.0 Å². The zero-order valence-electron chi connectivity index (χ0n) is 43.2. The van der Waals surface area contributed by atoms with Crippen LogP contribution in [0.25, 0.3) is 0 Å². The van der Waals surface area contributed by atoms with E-state index in [4.69, 9.17) is 18.5 Å². The SMILES string of the molecule is CC/C=C\C/C=C\C/C=C\CCCCCCCCCCOCC(COP(=O)(O)OC1C(O)C(O)C(O)C(O)C1O)OC(=O)CCCCCCCCCCCCCCCCCCCCCCCCC. The number of esters is 1. The summed E-state index contributed by atoms with van der Waals surface area (Å²) in [6, 6.07) is 0. The molecule has 400 valence electrons. The van der Waals surface area contributed by atoms with Crippen LogP contribution in [-0.2, 0) is 27.9 Å². The third-order valence-electron chi connectivity index (χ3n) is 13.0. The van der Waals surface area contributed by atoms with Gasteiger partial charge in [0.05, 0.1) is 13.2 Å². The fraction of sp³-hybridized carbons (Fsp3) is 0.873. The standard InChI is InChI=1S/C55H103O12P/c1-3-5-7-9-11-13-15-17-19-21-23-24-25-26-27-28-30-32-34-36-38-40-42-44-49(56)66-48(47-65-68(62,63)67-55-53(60)51(58)50(57)52(59)54(55)61)46-64-45-43-41-39-37-35-33-31-29-22-20-18-16-14-12-10-8-6-4-2/h6,8,12,14,18,20,48,50-55,57-61H,3-5,7,9-11,13,15-17,19,21-47H2,1-2H3,(H,62,63)/b8-6-,14-12-,20-18-. The Bertz CT molecular complexity index is 1260. The van der Waals surface area contributed by atoms with Gasteiger partial charge in [-0.15, -0.1) is 0 Å². The summed E-state index contributed by atoms with van der Waals surface area (Å²) in [6.07, 6.45) is 43.6. The number of rotatable bonds is 48. The van der Waals surface area contributed by atoms with Crippen molar-refractivity contribution in [1.82, 2.24) is 0 Å². The molecule has 0 bridgehead atoms. The minimum Gasteiger partial charge on any atom is -0.457 e. The smallest absolute Gasteiger partial charge is 0.457 e. The van der Waals surface area contributed by atoms with E-state index in [0.717, 1.165) is 70.6 Å². The van der Waals surface area contributed by atoms with Crippen LogP contribution in [0.15, 0.2) is 36.5 Å². The number of hydrogen-bond acceptors (Lipinski definition) is 11. The van der Waals surface area contributed by atoms with Gasteiger partial charge in [-0.1, -0.05) is 230 Å². The Morgan fingerprint density at radius 1 is 0.485 bits per heavy atom. The molecular weight excluding hydrogens is 884 g/mol. The molecule has 1 fully saturated rings. The molecule has 13 heteroatoms. The van der Waals surface area contributed by atoms with Crippen LogP contribution in [-0.4, -0.2) is 98.9 Å². The molecule has 1 saturated carbocycles. The summed E-state index contributed by atoms with van der Waals surface area (Å²) in [7, 11) is -5.03. The van der Waals surface area contributed by atoms with E-state index >= 15 is 0 Å². The number of aliphatic hydroxyl groups excluding tert-OH is 5. The monoisotopic (exact) mass is 987 g/mol. The molecule has 6 atom stereocenters. The van der Waals surface area contributed by atoms with Gasteiger partial charge in [0.25, 0.3) is 0 Å². The molecule has 68 heavy (non-hydrogen) atoms. The first kappa shape index (κ1) is 64.6. The van der Waals surface area contributed by atoms with Gasteiger partial charge in [0, 0.05) is 13.0 Å². The van der Waals surface area contributed by atoms with Crippen molar-refractivity contribution in [3.63, 3.8) is 0 Å². The van der Waals surface area contributed by atoms with Gasteiger partial charge < -0.3 is 39.9 Å². The number of ether oxygens (including phenoxy) is 2. The summed E-state index contributed by atoms with van der Waals surface area (Å²) >= 11 is 0. The molecule has 0 aliphatic heterocycles. The lowest BCUT2D eigenvalue weighted by molar-refractivity contribution is -0.220. The van der Waals surface area contributed by atoms with E-state index in [1.165, 1.54) is 148 Å². The summed E-state index contributed by atoms with van der Waals surface area (Å²) in [4.78, 5) is 23.3. The van der Waals surface area contributed by atoms with E-state index in [-0.39, 0.29) is 13.0 Å². The summed E-state index contributed by atoms with van der Waals surface area (Å²) < 4.78 is 34.4. The highest BCUT2D eigenvalue weighted by Gasteiger charge is 2.51. The third kappa shape index (κ3) is 36.5. The molecule has 0 radical (unpaired) electrons. The first-order valence-corrected chi connectivity index (χ1v) is 29.3. The minimum atomic E-state index is -5.03. The fourth-order valence-corrected chi connectivity index (χ4v) is 9.64. The maximum Gasteiger partial charge on any atom is 0.472 e. The molecule has 1 rings (SSSR count). The molecule has 6 unspecified atom stereocenters. The highest BCUT2D eigenvalue weighted by atomic mass is 31.2. The fourth-order valence-electron chi connectivity index (χ4n) is 8.67. The van der Waals surface area contributed by atoms with E-state index in [2.05, 4.69) is 50.3 Å². The Morgan fingerprint density at radius 3 is 1.32 bits per heavy atom. The van der Waals surface area contributed by atoms with Gasteiger partial charge >= 0.3 is 13.8 Å². The van der Waals surface area contributed by atoms with Gasteiger partial charge in [-0.2, -0.15) is 0 Å². The number of aliphatic hydroxyl groups is 5. The lowest BCUT2D eigenvalue weighted by Gasteiger charge is -2.41. The van der Waals surface area contributed by atoms with Gasteiger partial charge in [0.2, 0.25) is 0 Å². The number of carbonyl (C=O) groups is 1. The molecule has 1 aliphatic rings. The second-order valence-corrected chi connectivity index (χ2v) is 20.8. The van der Waals surface area contributed by atoms with Crippen LogP contribution in [0.5, 0.6) is 0 Å². The Morgan fingerprint density at radius 2 is 0.868 bits per heavy atom. The van der Waals surface area contributed by atoms with Crippen LogP contribution in [0, 0.1) is 0 Å². The molecule has 0 heterocycles. The van der Waals surface area contributed by atoms with E-state index in [9.17, 15) is 39.8 Å². The maximum absolute atomic E-state index is 12.9. The Balaban J connectivity index is 2.28. The second-order valence-electron chi connectivity index (χ2n) is 19.4. The van der Waals surface area contributed by atoms with Crippen LogP contribution in [0.3, 0.4) is 0 Å². The highest BCUT2D eigenvalue weighted by Crippen LogP contribution is 2.47. The quantitative estimate of drug-likeness (QED) is 0.0147. The zero-order valence-corrected chi connectivity index (χ0v) is 44.1. The predicted molar refractivity (Wildman–Crippen MR) is 276 cm³/mol. The van der Waals surface area contributed by atoms with Crippen molar-refractivity contribution in [2.45, 2.75) is 288 Å². The summed E-state index contributed by atoms with van der Waals surface area (Å²) in [5, 5.41) is 50.4. The van der Waals surface area contributed by atoms with Crippen molar-refractivity contribution in [2.24, 2.45) is 0 Å². The van der Waals surface area contributed by atoms with Crippen molar-refractivity contribution in [2.75, 3.05) is 19.8 Å². The molecule has 0 aromatic carbocycles. The Hall–Kier alpha value is -1.44. The van der Waals surface area contributed by atoms with E-state index < -0.39 is 63.1 Å². The van der Waals surface area contributed by atoms with E-state index in [1.807, 2.05) is 0 Å². The van der Waals surface area contributed by atoms with Gasteiger partial charge in [-0.05, 0) is 44.9 Å². The molecule has 0 amide bonds. The van der Waals surface area contributed by atoms with Crippen LogP contribution < -0.4 is 0 Å². The number of allylic oxidation sites excluding steroid dienone is 6. The Kier molecular flexibility index (Phi) is 43.1. The van der Waals surface area contributed by atoms with Crippen LogP contribution in [0.1, 0.15) is 245 Å². The van der Waals surface area contributed by atoms with Crippen molar-refractivity contribution < 1.29 is 58.3 Å². The summed E-state index contributed by atoms with van der Waals surface area (Å²) in [6.45, 7) is 4.18. The number of carbonyl (C=O) groups excluding carboxylic acids is 1. The normalized spacial score (nSPS) is 21.4. The van der Waals surface area contributed by atoms with Gasteiger partial charge in [-0.25, -0.2) is 4.57 Å². The molecule has 0 aromatic rings. The molecule has 6 N–H and O–H groups in total. The highest BCUT2D eigenvalue weighted by molar-refractivity contribution is 7.47. The van der Waals surface area contributed by atoms with Crippen LogP contribution in [0.4, 0.5) is 0 Å². The molecule has 12 nitrogen and oxygen atoms in total. The molecule has 0 spiro atoms. The summed E-state index contributed by atoms with van der Waals surface area (Å²) in [5.74, 6) is -0.475. The van der Waals surface area contributed by atoms with Crippen molar-refractivity contribution in [1.29, 1.82) is 0 Å². The molecule has 1 aliphatic carbocycles. The largest absolute Gasteiger partial charge is 0.472 e. The maximum atomic E-state index is 12.9. The topological polar surface area (TPSA) is 192 Å². The lowest BCUT2D eigenvalue weighted by atomic mass is 9.85.